The summed E-state index contributed by atoms with van der Waals surface area (Å²) in [7, 11) is 1.68. The molecule has 0 saturated heterocycles. The summed E-state index contributed by atoms with van der Waals surface area (Å²) in [4.78, 5) is 38.2. The fourth-order valence-corrected chi connectivity index (χ4v) is 2.73. The van der Waals surface area contributed by atoms with Crippen molar-refractivity contribution in [3.05, 3.63) is 70.3 Å². The van der Waals surface area contributed by atoms with Crippen LogP contribution >= 0.6 is 0 Å². The van der Waals surface area contributed by atoms with E-state index in [-0.39, 0.29) is 11.5 Å². The molecule has 2 aromatic carbocycles. The molecule has 0 fully saturated rings. The second-order valence-electron chi connectivity index (χ2n) is 6.43. The highest BCUT2D eigenvalue weighted by atomic mass is 16.4. The van der Waals surface area contributed by atoms with Gasteiger partial charge in [0.25, 0.3) is 11.8 Å². The fraction of sp³-hybridized carbons (Fsp3) is 0.286. The van der Waals surface area contributed by atoms with Crippen molar-refractivity contribution in [1.29, 1.82) is 0 Å². The molecule has 0 aliphatic carbocycles. The van der Waals surface area contributed by atoms with Crippen LogP contribution in [-0.2, 0) is 4.79 Å². The summed E-state index contributed by atoms with van der Waals surface area (Å²) in [6.45, 7) is 6.12. The number of nitrogens with one attached hydrogen (secondary N) is 1. The maximum atomic E-state index is 12.6. The summed E-state index contributed by atoms with van der Waals surface area (Å²) in [5.74, 6) is -1.89. The van der Waals surface area contributed by atoms with Crippen LogP contribution in [0.1, 0.15) is 50.4 Å². The van der Waals surface area contributed by atoms with Crippen LogP contribution in [0.5, 0.6) is 0 Å². The Morgan fingerprint density at radius 2 is 1.70 bits per heavy atom. The third-order valence-corrected chi connectivity index (χ3v) is 4.67. The molecule has 0 saturated carbocycles. The van der Waals surface area contributed by atoms with Crippen LogP contribution < -0.4 is 5.32 Å². The van der Waals surface area contributed by atoms with E-state index in [4.69, 9.17) is 0 Å². The minimum absolute atomic E-state index is 0.198. The number of carboxylic acids is 1. The predicted molar refractivity (Wildman–Crippen MR) is 103 cm³/mol. The van der Waals surface area contributed by atoms with Gasteiger partial charge in [0.15, 0.2) is 6.04 Å². The third-order valence-electron chi connectivity index (χ3n) is 4.67. The van der Waals surface area contributed by atoms with Gasteiger partial charge in [-0.15, -0.1) is 0 Å². The number of amides is 2. The van der Waals surface area contributed by atoms with Crippen LogP contribution in [-0.4, -0.2) is 41.4 Å². The van der Waals surface area contributed by atoms with Crippen LogP contribution in [0.2, 0.25) is 0 Å². The van der Waals surface area contributed by atoms with Gasteiger partial charge in [0, 0.05) is 24.7 Å². The number of carboxylic acid groups (broad SMARTS) is 1. The van der Waals surface area contributed by atoms with Gasteiger partial charge in [-0.05, 0) is 55.7 Å². The molecule has 2 aromatic rings. The van der Waals surface area contributed by atoms with Gasteiger partial charge < -0.3 is 15.3 Å². The molecule has 0 bridgehead atoms. The lowest BCUT2D eigenvalue weighted by Crippen LogP contribution is -2.34. The first kappa shape index (κ1) is 20.2. The zero-order chi connectivity index (χ0) is 20.1. The molecule has 2 rings (SSSR count). The molecule has 0 aromatic heterocycles. The van der Waals surface area contributed by atoms with Crippen LogP contribution in [0.15, 0.2) is 42.5 Å². The lowest BCUT2D eigenvalue weighted by atomic mass is 9.97. The van der Waals surface area contributed by atoms with E-state index in [9.17, 15) is 19.5 Å². The number of hydrogen-bond acceptors (Lipinski definition) is 3. The van der Waals surface area contributed by atoms with Crippen molar-refractivity contribution in [2.24, 2.45) is 0 Å². The molecule has 6 nitrogen and oxygen atoms in total. The third kappa shape index (κ3) is 4.53. The van der Waals surface area contributed by atoms with E-state index in [1.807, 2.05) is 26.8 Å². The van der Waals surface area contributed by atoms with E-state index in [1.54, 1.807) is 37.4 Å². The predicted octanol–water partition coefficient (Wildman–Crippen LogP) is 2.95. The number of nitrogens with zero attached hydrogens (tertiary/aromatic N) is 1. The zero-order valence-electron chi connectivity index (χ0n) is 15.9. The Balaban J connectivity index is 2.30. The maximum Gasteiger partial charge on any atom is 0.330 e. The average Bonchev–Trinajstić information content (AvgIpc) is 2.67. The SMILES string of the molecule is CCN(C)C(=O)c1cccc(C(=O)NC(C(=O)O)c2cccc(C)c2C)c1. The molecular weight excluding hydrogens is 344 g/mol. The quantitative estimate of drug-likeness (QED) is 0.821. The maximum absolute atomic E-state index is 12.6. The summed E-state index contributed by atoms with van der Waals surface area (Å²) in [5, 5.41) is 12.2. The zero-order valence-corrected chi connectivity index (χ0v) is 15.9. The first-order chi connectivity index (χ1) is 12.8. The second kappa shape index (κ2) is 8.49. The molecule has 27 heavy (non-hydrogen) atoms. The second-order valence-corrected chi connectivity index (χ2v) is 6.43. The van der Waals surface area contributed by atoms with Gasteiger partial charge in [-0.25, -0.2) is 4.79 Å². The van der Waals surface area contributed by atoms with Gasteiger partial charge in [-0.2, -0.15) is 0 Å². The van der Waals surface area contributed by atoms with Gasteiger partial charge in [0.05, 0.1) is 0 Å². The molecule has 2 amide bonds. The summed E-state index contributed by atoms with van der Waals surface area (Å²) >= 11 is 0. The molecule has 2 N–H and O–H groups in total. The molecule has 0 heterocycles. The lowest BCUT2D eigenvalue weighted by Gasteiger charge is -2.19. The number of aryl methyl sites for hydroxylation is 1. The fourth-order valence-electron chi connectivity index (χ4n) is 2.73. The van der Waals surface area contributed by atoms with Gasteiger partial charge in [-0.3, -0.25) is 9.59 Å². The topological polar surface area (TPSA) is 86.7 Å². The van der Waals surface area contributed by atoms with Gasteiger partial charge in [0.2, 0.25) is 0 Å². The van der Waals surface area contributed by atoms with Crippen LogP contribution in [0, 0.1) is 13.8 Å². The average molecular weight is 368 g/mol. The van der Waals surface area contributed by atoms with Crippen molar-refractivity contribution >= 4 is 17.8 Å². The smallest absolute Gasteiger partial charge is 0.330 e. The van der Waals surface area contributed by atoms with Gasteiger partial charge >= 0.3 is 5.97 Å². The first-order valence-corrected chi connectivity index (χ1v) is 8.71. The Bertz CT molecular complexity index is 876. The highest BCUT2D eigenvalue weighted by Gasteiger charge is 2.25. The van der Waals surface area contributed by atoms with Crippen LogP contribution in [0.3, 0.4) is 0 Å². The monoisotopic (exact) mass is 368 g/mol. The van der Waals surface area contributed by atoms with E-state index in [0.29, 0.717) is 17.7 Å². The highest BCUT2D eigenvalue weighted by molar-refractivity contribution is 6.00. The minimum Gasteiger partial charge on any atom is -0.479 e. The number of carbonyl (C=O) groups excluding carboxylic acids is 2. The molecule has 1 atom stereocenters. The summed E-state index contributed by atoms with van der Waals surface area (Å²) in [6.07, 6.45) is 0. The Morgan fingerprint density at radius 3 is 2.33 bits per heavy atom. The largest absolute Gasteiger partial charge is 0.479 e. The standard InChI is InChI=1S/C21H24N2O4/c1-5-23(4)20(25)16-10-7-9-15(12-16)19(24)22-18(21(26)27)17-11-6-8-13(2)14(17)3/h6-12,18H,5H2,1-4H3,(H,22,24)(H,26,27). The van der Waals surface area contributed by atoms with Crippen molar-refractivity contribution in [3.63, 3.8) is 0 Å². The van der Waals surface area contributed by atoms with E-state index in [1.165, 1.54) is 11.0 Å². The summed E-state index contributed by atoms with van der Waals surface area (Å²) < 4.78 is 0. The van der Waals surface area contributed by atoms with Gasteiger partial charge in [0.1, 0.15) is 0 Å². The van der Waals surface area contributed by atoms with Crippen molar-refractivity contribution in [1.82, 2.24) is 10.2 Å². The molecule has 0 spiro atoms. The Kier molecular flexibility index (Phi) is 6.34. The number of rotatable bonds is 6. The van der Waals surface area contributed by atoms with Crippen molar-refractivity contribution in [2.45, 2.75) is 26.8 Å². The van der Waals surface area contributed by atoms with E-state index >= 15 is 0 Å². The van der Waals surface area contributed by atoms with Crippen molar-refractivity contribution < 1.29 is 19.5 Å². The highest BCUT2D eigenvalue weighted by Crippen LogP contribution is 2.21. The molecular formula is C21H24N2O4. The minimum atomic E-state index is -1.17. The molecule has 6 heteroatoms. The Labute approximate surface area is 158 Å². The van der Waals surface area contributed by atoms with E-state index in [0.717, 1.165) is 11.1 Å². The van der Waals surface area contributed by atoms with Crippen LogP contribution in [0.25, 0.3) is 0 Å². The van der Waals surface area contributed by atoms with E-state index in [2.05, 4.69) is 5.32 Å². The van der Waals surface area contributed by atoms with Crippen LogP contribution in [0.4, 0.5) is 0 Å². The molecule has 0 radical (unpaired) electrons. The molecule has 0 aliphatic rings. The molecule has 1 unspecified atom stereocenters. The molecule has 0 aliphatic heterocycles. The first-order valence-electron chi connectivity index (χ1n) is 8.71. The number of hydrogen-bond donors (Lipinski definition) is 2. The number of benzene rings is 2. The van der Waals surface area contributed by atoms with Crippen molar-refractivity contribution in [3.8, 4) is 0 Å². The summed E-state index contributed by atoms with van der Waals surface area (Å²) in [6, 6.07) is 10.4. The van der Waals surface area contributed by atoms with Gasteiger partial charge in [-0.1, -0.05) is 24.3 Å². The molecule has 142 valence electrons. The Morgan fingerprint density at radius 1 is 1.07 bits per heavy atom. The van der Waals surface area contributed by atoms with E-state index < -0.39 is 17.9 Å². The summed E-state index contributed by atoms with van der Waals surface area (Å²) in [5.41, 5.74) is 2.92. The number of carbonyl (C=O) groups is 3. The normalized spacial score (nSPS) is 11.6. The lowest BCUT2D eigenvalue weighted by molar-refractivity contribution is -0.139. The number of aliphatic carboxylic acids is 1. The Hall–Kier alpha value is -3.15. The van der Waals surface area contributed by atoms with Crippen molar-refractivity contribution in [2.75, 3.05) is 13.6 Å².